The molecule has 0 radical (unpaired) electrons. The molecule has 0 spiro atoms. The summed E-state index contributed by atoms with van der Waals surface area (Å²) in [6.07, 6.45) is 6.49. The van der Waals surface area contributed by atoms with E-state index in [4.69, 9.17) is 6.42 Å². The predicted octanol–water partition coefficient (Wildman–Crippen LogP) is 0.477. The van der Waals surface area contributed by atoms with Gasteiger partial charge in [0, 0.05) is 19.7 Å². The van der Waals surface area contributed by atoms with Crippen molar-refractivity contribution in [2.24, 2.45) is 7.05 Å². The first kappa shape index (κ1) is 7.83. The van der Waals surface area contributed by atoms with Gasteiger partial charge in [0.05, 0.1) is 5.69 Å². The Bertz CT molecular complexity index is 272. The van der Waals surface area contributed by atoms with Crippen molar-refractivity contribution in [1.82, 2.24) is 9.78 Å². The second-order valence-corrected chi connectivity index (χ2v) is 2.34. The maximum atomic E-state index is 9.32. The summed E-state index contributed by atoms with van der Waals surface area (Å²) in [6, 6.07) is 1.75. The number of rotatable bonds is 2. The van der Waals surface area contributed by atoms with E-state index < -0.39 is 6.10 Å². The van der Waals surface area contributed by atoms with Crippen molar-refractivity contribution < 1.29 is 5.11 Å². The number of aliphatic hydroxyl groups is 1. The zero-order chi connectivity index (χ0) is 8.27. The topological polar surface area (TPSA) is 38.0 Å². The third-order valence-corrected chi connectivity index (χ3v) is 1.39. The van der Waals surface area contributed by atoms with Gasteiger partial charge in [-0.2, -0.15) is 5.10 Å². The number of hydrogen-bond donors (Lipinski definition) is 1. The average Bonchev–Trinajstić information content (AvgIpc) is 2.36. The molecular formula is C8H10N2O. The van der Waals surface area contributed by atoms with Crippen LogP contribution in [0.1, 0.15) is 18.2 Å². The molecule has 1 aromatic heterocycles. The van der Waals surface area contributed by atoms with Crippen LogP contribution in [0, 0.1) is 12.3 Å². The minimum atomic E-state index is -0.624. The van der Waals surface area contributed by atoms with Gasteiger partial charge in [-0.1, -0.05) is 0 Å². The Morgan fingerprint density at radius 3 is 3.09 bits per heavy atom. The molecule has 0 fully saturated rings. The molecule has 58 valence electrons. The summed E-state index contributed by atoms with van der Waals surface area (Å²) in [6.45, 7) is 0. The first-order chi connectivity index (χ1) is 5.24. The highest BCUT2D eigenvalue weighted by atomic mass is 16.3. The van der Waals surface area contributed by atoms with E-state index in [0.717, 1.165) is 0 Å². The minimum Gasteiger partial charge on any atom is -0.386 e. The second kappa shape index (κ2) is 3.22. The average molecular weight is 150 g/mol. The monoisotopic (exact) mass is 150 g/mol. The zero-order valence-electron chi connectivity index (χ0n) is 6.36. The molecule has 0 bridgehead atoms. The summed E-state index contributed by atoms with van der Waals surface area (Å²) in [4.78, 5) is 0. The van der Waals surface area contributed by atoms with Crippen LogP contribution >= 0.6 is 0 Å². The Labute approximate surface area is 65.7 Å². The second-order valence-electron chi connectivity index (χ2n) is 2.34. The summed E-state index contributed by atoms with van der Waals surface area (Å²) in [5.74, 6) is 2.38. The van der Waals surface area contributed by atoms with Gasteiger partial charge in [0.2, 0.25) is 0 Å². The van der Waals surface area contributed by atoms with Gasteiger partial charge in [-0.25, -0.2) is 0 Å². The van der Waals surface area contributed by atoms with Crippen molar-refractivity contribution in [2.45, 2.75) is 12.5 Å². The van der Waals surface area contributed by atoms with Crippen LogP contribution in [0.15, 0.2) is 12.3 Å². The maximum Gasteiger partial charge on any atom is 0.109 e. The van der Waals surface area contributed by atoms with Gasteiger partial charge in [0.15, 0.2) is 0 Å². The van der Waals surface area contributed by atoms with Crippen molar-refractivity contribution in [3.8, 4) is 12.3 Å². The van der Waals surface area contributed by atoms with Gasteiger partial charge in [0.25, 0.3) is 0 Å². The highest BCUT2D eigenvalue weighted by Crippen LogP contribution is 2.11. The zero-order valence-corrected chi connectivity index (χ0v) is 6.36. The van der Waals surface area contributed by atoms with Crippen LogP contribution in [0.3, 0.4) is 0 Å². The Morgan fingerprint density at radius 1 is 1.91 bits per heavy atom. The molecule has 0 aromatic carbocycles. The van der Waals surface area contributed by atoms with Crippen molar-refractivity contribution in [1.29, 1.82) is 0 Å². The Morgan fingerprint density at radius 2 is 2.64 bits per heavy atom. The Kier molecular flexibility index (Phi) is 2.29. The fourth-order valence-electron chi connectivity index (χ4n) is 0.827. The molecule has 0 amide bonds. The smallest absolute Gasteiger partial charge is 0.109 e. The molecule has 1 atom stereocenters. The number of terminal acetylenes is 1. The number of aliphatic hydroxyl groups excluding tert-OH is 1. The number of aryl methyl sites for hydroxylation is 1. The van der Waals surface area contributed by atoms with E-state index in [1.54, 1.807) is 24.0 Å². The van der Waals surface area contributed by atoms with E-state index >= 15 is 0 Å². The molecule has 3 heteroatoms. The normalized spacial score (nSPS) is 12.5. The number of hydrogen-bond acceptors (Lipinski definition) is 2. The van der Waals surface area contributed by atoms with Gasteiger partial charge in [0.1, 0.15) is 6.10 Å². The van der Waals surface area contributed by atoms with Crippen LogP contribution in [-0.4, -0.2) is 14.9 Å². The lowest BCUT2D eigenvalue weighted by molar-refractivity contribution is 0.178. The van der Waals surface area contributed by atoms with Crippen molar-refractivity contribution in [2.75, 3.05) is 0 Å². The molecule has 11 heavy (non-hydrogen) atoms. The molecule has 0 aliphatic rings. The quantitative estimate of drug-likeness (QED) is 0.622. The fourth-order valence-corrected chi connectivity index (χ4v) is 0.827. The van der Waals surface area contributed by atoms with Crippen LogP contribution < -0.4 is 0 Å². The molecule has 1 N–H and O–H groups in total. The molecular weight excluding hydrogens is 140 g/mol. The number of aromatic nitrogens is 2. The van der Waals surface area contributed by atoms with Crippen molar-refractivity contribution in [3.63, 3.8) is 0 Å². The third kappa shape index (κ3) is 1.82. The van der Waals surface area contributed by atoms with E-state index in [9.17, 15) is 5.11 Å². The summed E-state index contributed by atoms with van der Waals surface area (Å²) < 4.78 is 1.63. The first-order valence-corrected chi connectivity index (χ1v) is 3.35. The molecule has 1 heterocycles. The van der Waals surface area contributed by atoms with Gasteiger partial charge in [-0.05, 0) is 6.07 Å². The Hall–Kier alpha value is -1.27. The SMILES string of the molecule is C#CCC(O)c1ccn(C)n1. The van der Waals surface area contributed by atoms with E-state index in [1.165, 1.54) is 0 Å². The van der Waals surface area contributed by atoms with Gasteiger partial charge >= 0.3 is 0 Å². The van der Waals surface area contributed by atoms with Crippen LogP contribution in [0.25, 0.3) is 0 Å². The fraction of sp³-hybridized carbons (Fsp3) is 0.375. The van der Waals surface area contributed by atoms with E-state index in [-0.39, 0.29) is 0 Å². The third-order valence-electron chi connectivity index (χ3n) is 1.39. The van der Waals surface area contributed by atoms with Gasteiger partial charge in [-0.3, -0.25) is 4.68 Å². The van der Waals surface area contributed by atoms with E-state index in [2.05, 4.69) is 11.0 Å². The summed E-state index contributed by atoms with van der Waals surface area (Å²) in [7, 11) is 1.80. The molecule has 0 saturated carbocycles. The standard InChI is InChI=1S/C8H10N2O/c1-3-4-8(11)7-5-6-10(2)9-7/h1,5-6,8,11H,4H2,2H3. The largest absolute Gasteiger partial charge is 0.386 e. The number of nitrogens with zero attached hydrogens (tertiary/aromatic N) is 2. The van der Waals surface area contributed by atoms with Crippen LogP contribution in [0.4, 0.5) is 0 Å². The molecule has 1 unspecified atom stereocenters. The van der Waals surface area contributed by atoms with E-state index in [0.29, 0.717) is 12.1 Å². The van der Waals surface area contributed by atoms with E-state index in [1.807, 2.05) is 0 Å². The van der Waals surface area contributed by atoms with Gasteiger partial charge in [-0.15, -0.1) is 12.3 Å². The highest BCUT2D eigenvalue weighted by Gasteiger charge is 2.07. The highest BCUT2D eigenvalue weighted by molar-refractivity contribution is 5.05. The molecule has 0 saturated heterocycles. The molecule has 1 aromatic rings. The van der Waals surface area contributed by atoms with Crippen LogP contribution in [-0.2, 0) is 7.05 Å². The Balaban J connectivity index is 2.70. The lowest BCUT2D eigenvalue weighted by Gasteiger charge is -2.00. The first-order valence-electron chi connectivity index (χ1n) is 3.35. The lowest BCUT2D eigenvalue weighted by atomic mass is 10.2. The molecule has 0 aliphatic heterocycles. The van der Waals surface area contributed by atoms with Crippen molar-refractivity contribution >= 4 is 0 Å². The van der Waals surface area contributed by atoms with Crippen LogP contribution in [0.5, 0.6) is 0 Å². The predicted molar refractivity (Wildman–Crippen MR) is 41.6 cm³/mol. The lowest BCUT2D eigenvalue weighted by Crippen LogP contribution is -1.98. The molecule has 3 nitrogen and oxygen atoms in total. The van der Waals surface area contributed by atoms with Crippen LogP contribution in [0.2, 0.25) is 0 Å². The summed E-state index contributed by atoms with van der Waals surface area (Å²) in [5, 5.41) is 13.3. The van der Waals surface area contributed by atoms with Crippen molar-refractivity contribution in [3.05, 3.63) is 18.0 Å². The maximum absolute atomic E-state index is 9.32. The minimum absolute atomic E-state index is 0.316. The summed E-state index contributed by atoms with van der Waals surface area (Å²) in [5.41, 5.74) is 0.630. The summed E-state index contributed by atoms with van der Waals surface area (Å²) >= 11 is 0. The molecule has 0 aliphatic carbocycles. The molecule has 1 rings (SSSR count). The van der Waals surface area contributed by atoms with Gasteiger partial charge < -0.3 is 5.11 Å².